The molecule has 2 aromatic carbocycles. The van der Waals surface area contributed by atoms with E-state index in [0.29, 0.717) is 11.4 Å². The molecule has 0 radical (unpaired) electrons. The van der Waals surface area contributed by atoms with E-state index in [0.717, 1.165) is 36.7 Å². The molecule has 0 fully saturated rings. The SMILES string of the molecule is COc1ccc(S(=O)(=O)N2C=CNC(=O)[C@H]2Cc2cn([C@H]3CCCc4cc(CNCC(C)(C)C)ccc43)nn2)cc1. The number of carbonyl (C=O) groups is 1. The van der Waals surface area contributed by atoms with Crippen molar-refractivity contribution in [3.8, 4) is 5.75 Å². The van der Waals surface area contributed by atoms with Crippen molar-refractivity contribution in [3.05, 3.63) is 83.4 Å². The molecular formula is C30H38N6O4S. The molecule has 0 spiro atoms. The molecule has 10 nitrogen and oxygen atoms in total. The first kappa shape index (κ1) is 28.8. The predicted octanol–water partition coefficient (Wildman–Crippen LogP) is 3.55. The Morgan fingerprint density at radius 1 is 1.15 bits per heavy atom. The first-order valence-corrected chi connectivity index (χ1v) is 15.4. The van der Waals surface area contributed by atoms with Crippen LogP contribution in [0, 0.1) is 5.41 Å². The Bertz CT molecular complexity index is 1520. The van der Waals surface area contributed by atoms with Gasteiger partial charge >= 0.3 is 0 Å². The van der Waals surface area contributed by atoms with Crippen molar-refractivity contribution in [1.29, 1.82) is 0 Å². The van der Waals surface area contributed by atoms with Crippen LogP contribution in [0.15, 0.2) is 66.0 Å². The summed E-state index contributed by atoms with van der Waals surface area (Å²) in [7, 11) is -2.48. The van der Waals surface area contributed by atoms with E-state index < -0.39 is 22.0 Å². The normalized spacial score (nSPS) is 19.1. The maximum atomic E-state index is 13.5. The first-order chi connectivity index (χ1) is 19.5. The molecule has 11 heteroatoms. The van der Waals surface area contributed by atoms with Crippen molar-refractivity contribution in [2.75, 3.05) is 13.7 Å². The number of nitrogens with zero attached hydrogens (tertiary/aromatic N) is 4. The lowest BCUT2D eigenvalue weighted by Crippen LogP contribution is -2.50. The van der Waals surface area contributed by atoms with Crippen LogP contribution in [0.5, 0.6) is 5.75 Å². The molecule has 1 aliphatic carbocycles. The highest BCUT2D eigenvalue weighted by molar-refractivity contribution is 7.89. The molecule has 0 saturated carbocycles. The average molecular weight is 579 g/mol. The van der Waals surface area contributed by atoms with E-state index in [1.54, 1.807) is 12.1 Å². The summed E-state index contributed by atoms with van der Waals surface area (Å²) in [6, 6.07) is 11.8. The van der Waals surface area contributed by atoms with Gasteiger partial charge in [0.15, 0.2) is 0 Å². The second-order valence-electron chi connectivity index (χ2n) is 11.9. The van der Waals surface area contributed by atoms with Crippen LogP contribution < -0.4 is 15.4 Å². The number of aryl methyl sites for hydroxylation is 1. The van der Waals surface area contributed by atoms with Crippen LogP contribution in [-0.4, -0.2) is 53.3 Å². The van der Waals surface area contributed by atoms with E-state index in [4.69, 9.17) is 4.74 Å². The summed E-state index contributed by atoms with van der Waals surface area (Å²) in [6.07, 6.45) is 7.63. The summed E-state index contributed by atoms with van der Waals surface area (Å²) in [4.78, 5) is 12.9. The van der Waals surface area contributed by atoms with Gasteiger partial charge in [-0.15, -0.1) is 5.10 Å². The molecule has 5 rings (SSSR count). The Balaban J connectivity index is 1.33. The third-order valence-corrected chi connectivity index (χ3v) is 9.24. The van der Waals surface area contributed by atoms with Crippen LogP contribution in [0.4, 0.5) is 0 Å². The fourth-order valence-electron chi connectivity index (χ4n) is 5.37. The van der Waals surface area contributed by atoms with E-state index >= 15 is 0 Å². The zero-order chi connectivity index (χ0) is 29.2. The smallest absolute Gasteiger partial charge is 0.264 e. The van der Waals surface area contributed by atoms with Gasteiger partial charge in [-0.25, -0.2) is 13.1 Å². The molecule has 41 heavy (non-hydrogen) atoms. The topological polar surface area (TPSA) is 118 Å². The van der Waals surface area contributed by atoms with Crippen LogP contribution in [-0.2, 0) is 34.2 Å². The summed E-state index contributed by atoms with van der Waals surface area (Å²) in [5.74, 6) is 0.122. The molecule has 1 aromatic heterocycles. The fraction of sp³-hybridized carbons (Fsp3) is 0.433. The maximum Gasteiger partial charge on any atom is 0.264 e. The minimum atomic E-state index is -3.99. The number of rotatable bonds is 9. The van der Waals surface area contributed by atoms with Gasteiger partial charge in [0.05, 0.1) is 23.7 Å². The zero-order valence-corrected chi connectivity index (χ0v) is 24.8. The van der Waals surface area contributed by atoms with Crippen LogP contribution in [0.1, 0.15) is 62.0 Å². The number of hydrogen-bond donors (Lipinski definition) is 2. The van der Waals surface area contributed by atoms with Crippen LogP contribution in [0.3, 0.4) is 0 Å². The lowest BCUT2D eigenvalue weighted by Gasteiger charge is -2.31. The Morgan fingerprint density at radius 3 is 2.66 bits per heavy atom. The molecule has 0 bridgehead atoms. The van der Waals surface area contributed by atoms with E-state index in [-0.39, 0.29) is 22.8 Å². The van der Waals surface area contributed by atoms with Crippen molar-refractivity contribution in [1.82, 2.24) is 29.9 Å². The zero-order valence-electron chi connectivity index (χ0n) is 24.0. The standard InChI is InChI=1S/C30H38N6O4S/c1-30(2,3)20-31-18-21-8-13-26-22(16-21)6-5-7-27(26)35-19-23(33-34-35)17-28-29(37)32-14-15-36(28)41(38,39)25-11-9-24(40-4)10-12-25/h8-16,19,27-28,31H,5-7,17-18,20H2,1-4H3,(H,32,37)/t27-,28+/m0/s1. The Morgan fingerprint density at radius 2 is 1.93 bits per heavy atom. The third kappa shape index (κ3) is 6.46. The Hall–Kier alpha value is -3.70. The van der Waals surface area contributed by atoms with Gasteiger partial charge in [0.2, 0.25) is 5.91 Å². The van der Waals surface area contributed by atoms with Crippen LogP contribution in [0.25, 0.3) is 0 Å². The lowest BCUT2D eigenvalue weighted by atomic mass is 9.86. The molecule has 2 heterocycles. The molecule has 1 aliphatic heterocycles. The summed E-state index contributed by atoms with van der Waals surface area (Å²) in [5, 5.41) is 14.9. The van der Waals surface area contributed by atoms with Crippen LogP contribution >= 0.6 is 0 Å². The summed E-state index contributed by atoms with van der Waals surface area (Å²) in [5.41, 5.74) is 4.60. The highest BCUT2D eigenvalue weighted by atomic mass is 32.2. The number of amides is 1. The van der Waals surface area contributed by atoms with E-state index in [1.165, 1.54) is 48.3 Å². The molecule has 2 aliphatic rings. The number of aromatic nitrogens is 3. The van der Waals surface area contributed by atoms with Crippen molar-refractivity contribution in [3.63, 3.8) is 0 Å². The van der Waals surface area contributed by atoms with Gasteiger partial charge in [-0.1, -0.05) is 44.2 Å². The van der Waals surface area contributed by atoms with E-state index in [9.17, 15) is 13.2 Å². The van der Waals surface area contributed by atoms with Gasteiger partial charge in [0.1, 0.15) is 11.8 Å². The molecule has 2 atom stereocenters. The van der Waals surface area contributed by atoms with Crippen LogP contribution in [0.2, 0.25) is 0 Å². The minimum absolute atomic E-state index is 0.0378. The minimum Gasteiger partial charge on any atom is -0.497 e. The van der Waals surface area contributed by atoms with Crippen molar-refractivity contribution in [2.24, 2.45) is 5.41 Å². The quantitative estimate of drug-likeness (QED) is 0.399. The van der Waals surface area contributed by atoms with Crippen molar-refractivity contribution in [2.45, 2.75) is 70.0 Å². The third-order valence-electron chi connectivity index (χ3n) is 7.45. The van der Waals surface area contributed by atoms with Gasteiger partial charge in [0, 0.05) is 38.1 Å². The molecule has 3 aromatic rings. The monoisotopic (exact) mass is 578 g/mol. The van der Waals surface area contributed by atoms with Gasteiger partial charge in [-0.05, 0) is 65.6 Å². The average Bonchev–Trinajstić information content (AvgIpc) is 3.41. The second kappa shape index (κ2) is 11.7. The number of methoxy groups -OCH3 is 1. The molecule has 1 amide bonds. The number of carbonyl (C=O) groups excluding carboxylic acids is 1. The number of sulfonamides is 1. The number of ether oxygens (including phenoxy) is 1. The summed E-state index contributed by atoms with van der Waals surface area (Å²) >= 11 is 0. The highest BCUT2D eigenvalue weighted by Gasteiger charge is 2.36. The largest absolute Gasteiger partial charge is 0.497 e. The van der Waals surface area contributed by atoms with Gasteiger partial charge in [-0.3, -0.25) is 9.10 Å². The maximum absolute atomic E-state index is 13.5. The van der Waals surface area contributed by atoms with Gasteiger partial charge in [-0.2, -0.15) is 0 Å². The van der Waals surface area contributed by atoms with Crippen molar-refractivity contribution < 1.29 is 17.9 Å². The Labute approximate surface area is 241 Å². The van der Waals surface area contributed by atoms with E-state index in [2.05, 4.69) is 59.9 Å². The molecule has 2 N–H and O–H groups in total. The lowest BCUT2D eigenvalue weighted by molar-refractivity contribution is -0.124. The number of hydrogen-bond acceptors (Lipinski definition) is 7. The predicted molar refractivity (Wildman–Crippen MR) is 155 cm³/mol. The molecule has 218 valence electrons. The summed E-state index contributed by atoms with van der Waals surface area (Å²) in [6.45, 7) is 8.44. The first-order valence-electron chi connectivity index (χ1n) is 13.9. The fourth-order valence-corrected chi connectivity index (χ4v) is 6.82. The second-order valence-corrected chi connectivity index (χ2v) is 13.7. The van der Waals surface area contributed by atoms with E-state index in [1.807, 2.05) is 10.9 Å². The highest BCUT2D eigenvalue weighted by Crippen LogP contribution is 2.33. The Kier molecular flexibility index (Phi) is 8.19. The van der Waals surface area contributed by atoms with Gasteiger partial charge < -0.3 is 15.4 Å². The molecule has 0 unspecified atom stereocenters. The van der Waals surface area contributed by atoms with Gasteiger partial charge in [0.25, 0.3) is 10.0 Å². The number of benzene rings is 2. The number of fused-ring (bicyclic) bond motifs is 1. The summed E-state index contributed by atoms with van der Waals surface area (Å²) < 4.78 is 35.0. The molecular weight excluding hydrogens is 540 g/mol. The molecule has 0 saturated heterocycles. The number of nitrogens with one attached hydrogen (secondary N) is 2. The van der Waals surface area contributed by atoms with Crippen molar-refractivity contribution >= 4 is 15.9 Å².